The predicted octanol–water partition coefficient (Wildman–Crippen LogP) is 6.35. The number of fused-ring (bicyclic) bond motifs is 1. The molecule has 1 amide bonds. The lowest BCUT2D eigenvalue weighted by Gasteiger charge is -2.32. The number of pyridine rings is 1. The van der Waals surface area contributed by atoms with Crippen LogP contribution in [0.5, 0.6) is 0 Å². The van der Waals surface area contributed by atoms with Crippen LogP contribution in [0.1, 0.15) is 54.7 Å². The van der Waals surface area contributed by atoms with Gasteiger partial charge in [0.15, 0.2) is 0 Å². The van der Waals surface area contributed by atoms with Gasteiger partial charge in [0.25, 0.3) is 5.91 Å². The third-order valence-corrected chi connectivity index (χ3v) is 6.63. The highest BCUT2D eigenvalue weighted by molar-refractivity contribution is 6.30. The van der Waals surface area contributed by atoms with Crippen LogP contribution in [-0.4, -0.2) is 38.4 Å². The normalized spacial score (nSPS) is 16.5. The summed E-state index contributed by atoms with van der Waals surface area (Å²) in [6.07, 6.45) is 3.83. The first-order chi connectivity index (χ1) is 16.0. The number of amides is 1. The van der Waals surface area contributed by atoms with E-state index >= 15 is 0 Å². The van der Waals surface area contributed by atoms with Crippen molar-refractivity contribution < 1.29 is 4.79 Å². The van der Waals surface area contributed by atoms with E-state index in [9.17, 15) is 4.79 Å². The molecule has 1 atom stereocenters. The van der Waals surface area contributed by atoms with Gasteiger partial charge in [-0.15, -0.1) is 0 Å². The number of likely N-dealkylation sites (tertiary alicyclic amines) is 1. The minimum absolute atomic E-state index is 0.0618. The maximum absolute atomic E-state index is 13.3. The Bertz CT molecular complexity index is 1310. The summed E-state index contributed by atoms with van der Waals surface area (Å²) in [5, 5.41) is 0.698. The van der Waals surface area contributed by atoms with Crippen molar-refractivity contribution in [3.63, 3.8) is 0 Å². The van der Waals surface area contributed by atoms with Crippen LogP contribution in [0.25, 0.3) is 22.3 Å². The standard InChI is InChI=1S/C27H27ClN4O/c1-18(2)32-17-29-25-15-20(11-12-26(25)32)27(33)31-13-5-7-21(16-31)24-10-4-9-23(30-24)19-6-3-8-22(28)14-19/h3-4,6,8-12,14-15,17-18,21H,5,7,13,16H2,1-2H3/t21-/m1/s1. The quantitative estimate of drug-likeness (QED) is 0.358. The van der Waals surface area contributed by atoms with E-state index in [1.165, 1.54) is 0 Å². The Morgan fingerprint density at radius 2 is 1.94 bits per heavy atom. The Morgan fingerprint density at radius 3 is 2.76 bits per heavy atom. The van der Waals surface area contributed by atoms with E-state index in [2.05, 4.69) is 29.5 Å². The molecule has 0 N–H and O–H groups in total. The fourth-order valence-electron chi connectivity index (χ4n) is 4.65. The van der Waals surface area contributed by atoms with Crippen LogP contribution in [0.3, 0.4) is 0 Å². The molecule has 0 aliphatic carbocycles. The van der Waals surface area contributed by atoms with E-state index in [0.717, 1.165) is 47.4 Å². The van der Waals surface area contributed by atoms with E-state index in [4.69, 9.17) is 16.6 Å². The van der Waals surface area contributed by atoms with Crippen LogP contribution < -0.4 is 0 Å². The van der Waals surface area contributed by atoms with Gasteiger partial charge in [-0.05, 0) is 69.2 Å². The van der Waals surface area contributed by atoms with Crippen LogP contribution in [0.15, 0.2) is 67.0 Å². The first-order valence-electron chi connectivity index (χ1n) is 11.5. The van der Waals surface area contributed by atoms with Gasteiger partial charge in [-0.3, -0.25) is 9.78 Å². The molecule has 2 aromatic heterocycles. The summed E-state index contributed by atoms with van der Waals surface area (Å²) in [6, 6.07) is 20.0. The number of nitrogens with zero attached hydrogens (tertiary/aromatic N) is 4. The van der Waals surface area contributed by atoms with E-state index in [1.54, 1.807) is 0 Å². The van der Waals surface area contributed by atoms with Crippen molar-refractivity contribution in [2.24, 2.45) is 0 Å². The van der Waals surface area contributed by atoms with Crippen molar-refractivity contribution in [3.05, 3.63) is 83.3 Å². The number of piperidine rings is 1. The molecule has 5 nitrogen and oxygen atoms in total. The fourth-order valence-corrected chi connectivity index (χ4v) is 4.84. The fraction of sp³-hybridized carbons (Fsp3) is 0.296. The summed E-state index contributed by atoms with van der Waals surface area (Å²) >= 11 is 6.17. The van der Waals surface area contributed by atoms with Crippen LogP contribution in [-0.2, 0) is 0 Å². The third-order valence-electron chi connectivity index (χ3n) is 6.40. The molecule has 1 aliphatic rings. The Kier molecular flexibility index (Phi) is 5.90. The van der Waals surface area contributed by atoms with Gasteiger partial charge in [0.2, 0.25) is 0 Å². The molecule has 1 fully saturated rings. The predicted molar refractivity (Wildman–Crippen MR) is 133 cm³/mol. The first kappa shape index (κ1) is 21.7. The number of halogens is 1. The van der Waals surface area contributed by atoms with Gasteiger partial charge in [0.1, 0.15) is 0 Å². The lowest BCUT2D eigenvalue weighted by molar-refractivity contribution is 0.0706. The zero-order valence-electron chi connectivity index (χ0n) is 18.9. The molecule has 3 heterocycles. The van der Waals surface area contributed by atoms with Crippen molar-refractivity contribution >= 4 is 28.5 Å². The molecular formula is C27H27ClN4O. The number of carbonyl (C=O) groups excluding carboxylic acids is 1. The van der Waals surface area contributed by atoms with Gasteiger partial charge in [-0.2, -0.15) is 0 Å². The number of hydrogen-bond donors (Lipinski definition) is 0. The zero-order chi connectivity index (χ0) is 22.9. The molecule has 0 radical (unpaired) electrons. The van der Waals surface area contributed by atoms with Crippen molar-refractivity contribution in [1.82, 2.24) is 19.4 Å². The van der Waals surface area contributed by atoms with Crippen LogP contribution in [0.2, 0.25) is 5.02 Å². The summed E-state index contributed by atoms with van der Waals surface area (Å²) in [4.78, 5) is 24.7. The Labute approximate surface area is 199 Å². The summed E-state index contributed by atoms with van der Waals surface area (Å²) < 4.78 is 2.12. The number of hydrogen-bond acceptors (Lipinski definition) is 3. The number of carbonyl (C=O) groups is 1. The van der Waals surface area contributed by atoms with E-state index in [-0.39, 0.29) is 11.8 Å². The van der Waals surface area contributed by atoms with E-state index in [1.807, 2.05) is 65.8 Å². The van der Waals surface area contributed by atoms with Crippen molar-refractivity contribution in [2.75, 3.05) is 13.1 Å². The van der Waals surface area contributed by atoms with Gasteiger partial charge in [-0.25, -0.2) is 4.98 Å². The topological polar surface area (TPSA) is 51.0 Å². The molecule has 5 rings (SSSR count). The lowest BCUT2D eigenvalue weighted by atomic mass is 9.93. The van der Waals surface area contributed by atoms with E-state index in [0.29, 0.717) is 23.2 Å². The molecule has 0 saturated carbocycles. The van der Waals surface area contributed by atoms with Gasteiger partial charge < -0.3 is 9.47 Å². The Hall–Kier alpha value is -3.18. The molecule has 0 unspecified atom stereocenters. The maximum atomic E-state index is 13.3. The highest BCUT2D eigenvalue weighted by Gasteiger charge is 2.27. The van der Waals surface area contributed by atoms with Gasteiger partial charge in [0, 0.05) is 46.9 Å². The van der Waals surface area contributed by atoms with Crippen LogP contribution in [0, 0.1) is 0 Å². The number of imidazole rings is 1. The number of rotatable bonds is 4. The van der Waals surface area contributed by atoms with Gasteiger partial charge in [0.05, 0.1) is 23.1 Å². The molecule has 0 bridgehead atoms. The highest BCUT2D eigenvalue weighted by atomic mass is 35.5. The summed E-state index contributed by atoms with van der Waals surface area (Å²) in [5.74, 6) is 0.275. The molecule has 1 aliphatic heterocycles. The SMILES string of the molecule is CC(C)n1cnc2cc(C(=O)N3CCC[C@@H](c4cccc(-c5cccc(Cl)c5)n4)C3)ccc21. The van der Waals surface area contributed by atoms with Gasteiger partial charge in [-0.1, -0.05) is 29.8 Å². The number of benzene rings is 2. The van der Waals surface area contributed by atoms with Crippen LogP contribution in [0.4, 0.5) is 0 Å². The first-order valence-corrected chi connectivity index (χ1v) is 11.9. The largest absolute Gasteiger partial charge is 0.338 e. The molecular weight excluding hydrogens is 432 g/mol. The van der Waals surface area contributed by atoms with Crippen molar-refractivity contribution in [3.8, 4) is 11.3 Å². The molecule has 33 heavy (non-hydrogen) atoms. The molecule has 1 saturated heterocycles. The summed E-state index contributed by atoms with van der Waals surface area (Å²) in [7, 11) is 0. The van der Waals surface area contributed by atoms with Crippen molar-refractivity contribution in [2.45, 2.75) is 38.6 Å². The van der Waals surface area contributed by atoms with Crippen LogP contribution >= 0.6 is 11.6 Å². The lowest BCUT2D eigenvalue weighted by Crippen LogP contribution is -2.39. The summed E-state index contributed by atoms with van der Waals surface area (Å²) in [6.45, 7) is 5.69. The summed E-state index contributed by atoms with van der Waals surface area (Å²) in [5.41, 5.74) is 5.54. The van der Waals surface area contributed by atoms with Gasteiger partial charge >= 0.3 is 0 Å². The average molecular weight is 459 g/mol. The van der Waals surface area contributed by atoms with E-state index < -0.39 is 0 Å². The Balaban J connectivity index is 1.36. The number of aromatic nitrogens is 3. The Morgan fingerprint density at radius 1 is 1.09 bits per heavy atom. The monoisotopic (exact) mass is 458 g/mol. The molecule has 0 spiro atoms. The molecule has 4 aromatic rings. The molecule has 6 heteroatoms. The maximum Gasteiger partial charge on any atom is 0.253 e. The molecule has 168 valence electrons. The average Bonchev–Trinajstić information content (AvgIpc) is 3.27. The minimum atomic E-state index is 0.0618. The smallest absolute Gasteiger partial charge is 0.253 e. The molecule has 2 aromatic carbocycles. The highest BCUT2D eigenvalue weighted by Crippen LogP contribution is 2.29. The second-order valence-electron chi connectivity index (χ2n) is 9.00. The minimum Gasteiger partial charge on any atom is -0.338 e. The second-order valence-corrected chi connectivity index (χ2v) is 9.43. The second kappa shape index (κ2) is 8.99. The zero-order valence-corrected chi connectivity index (χ0v) is 19.7. The third kappa shape index (κ3) is 4.38. The van der Waals surface area contributed by atoms with Crippen molar-refractivity contribution in [1.29, 1.82) is 0 Å².